The Balaban J connectivity index is 1.55. The lowest BCUT2D eigenvalue weighted by molar-refractivity contribution is 0.0948. The second kappa shape index (κ2) is 6.40. The summed E-state index contributed by atoms with van der Waals surface area (Å²) < 4.78 is 3.06. The quantitative estimate of drug-likeness (QED) is 0.592. The van der Waals surface area contributed by atoms with E-state index in [1.807, 2.05) is 28.8 Å². The van der Waals surface area contributed by atoms with Crippen LogP contribution < -0.4 is 10.9 Å². The van der Waals surface area contributed by atoms with Crippen LogP contribution in [0.25, 0.3) is 16.4 Å². The summed E-state index contributed by atoms with van der Waals surface area (Å²) in [4.78, 5) is 24.7. The average Bonchev–Trinajstić information content (AvgIpc) is 3.08. The molecule has 0 radical (unpaired) electrons. The number of benzene rings is 1. The van der Waals surface area contributed by atoms with Gasteiger partial charge in [-0.15, -0.1) is 10.2 Å². The first-order valence-electron chi connectivity index (χ1n) is 8.18. The normalized spacial score (nSPS) is 11.1. The van der Waals surface area contributed by atoms with Crippen LogP contribution in [0.5, 0.6) is 0 Å². The molecule has 130 valence electrons. The first-order chi connectivity index (χ1) is 12.6. The Morgan fingerprint density at radius 2 is 1.85 bits per heavy atom. The summed E-state index contributed by atoms with van der Waals surface area (Å²) in [6.07, 6.45) is 2.41. The number of aromatic nitrogens is 5. The number of nitrogens with zero attached hydrogens (tertiary/aromatic N) is 5. The highest BCUT2D eigenvalue weighted by atomic mass is 16.2. The van der Waals surface area contributed by atoms with Gasteiger partial charge >= 0.3 is 0 Å². The first-order valence-corrected chi connectivity index (χ1v) is 8.18. The van der Waals surface area contributed by atoms with E-state index >= 15 is 0 Å². The molecule has 0 aliphatic heterocycles. The summed E-state index contributed by atoms with van der Waals surface area (Å²) in [6.45, 7) is 0.382. The Labute approximate surface area is 148 Å². The van der Waals surface area contributed by atoms with Gasteiger partial charge in [0.15, 0.2) is 11.3 Å². The van der Waals surface area contributed by atoms with Gasteiger partial charge in [-0.3, -0.25) is 14.0 Å². The van der Waals surface area contributed by atoms with Crippen LogP contribution >= 0.6 is 0 Å². The predicted octanol–water partition coefficient (Wildman–Crippen LogP) is 0.949. The van der Waals surface area contributed by atoms with E-state index in [0.29, 0.717) is 23.7 Å². The van der Waals surface area contributed by atoms with Gasteiger partial charge in [-0.2, -0.15) is 5.10 Å². The Kier molecular flexibility index (Phi) is 3.92. The molecule has 8 heteroatoms. The summed E-state index contributed by atoms with van der Waals surface area (Å²) in [6, 6.07) is 12.6. The molecule has 3 heterocycles. The third kappa shape index (κ3) is 2.71. The second-order valence-electron chi connectivity index (χ2n) is 5.87. The topological polar surface area (TPSA) is 94.2 Å². The van der Waals surface area contributed by atoms with Crippen LogP contribution in [0.3, 0.4) is 0 Å². The monoisotopic (exact) mass is 348 g/mol. The number of fused-ring (bicyclic) bond motifs is 2. The van der Waals surface area contributed by atoms with Crippen LogP contribution in [-0.2, 0) is 13.5 Å². The molecule has 1 amide bonds. The molecule has 0 aliphatic carbocycles. The number of hydrogen-bond donors (Lipinski definition) is 1. The SMILES string of the molecule is Cn1nc(C(=O)NCCc2nnc3ccccn23)c2ccccc2c1=O. The molecule has 8 nitrogen and oxygen atoms in total. The molecule has 4 aromatic rings. The minimum absolute atomic E-state index is 0.230. The van der Waals surface area contributed by atoms with Crippen LogP contribution in [0.4, 0.5) is 0 Å². The zero-order valence-corrected chi connectivity index (χ0v) is 14.1. The Bertz CT molecular complexity index is 1180. The van der Waals surface area contributed by atoms with Crippen LogP contribution in [0, 0.1) is 0 Å². The summed E-state index contributed by atoms with van der Waals surface area (Å²) >= 11 is 0. The zero-order chi connectivity index (χ0) is 18.1. The number of amides is 1. The van der Waals surface area contributed by atoms with Crippen molar-refractivity contribution >= 4 is 22.3 Å². The molecule has 0 unspecified atom stereocenters. The van der Waals surface area contributed by atoms with Crippen molar-refractivity contribution in [3.63, 3.8) is 0 Å². The maximum Gasteiger partial charge on any atom is 0.274 e. The fourth-order valence-corrected chi connectivity index (χ4v) is 2.90. The smallest absolute Gasteiger partial charge is 0.274 e. The van der Waals surface area contributed by atoms with Crippen LogP contribution in [0.15, 0.2) is 53.5 Å². The van der Waals surface area contributed by atoms with Crippen molar-refractivity contribution in [2.24, 2.45) is 7.05 Å². The fraction of sp³-hybridized carbons (Fsp3) is 0.167. The molecule has 0 bridgehead atoms. The van der Waals surface area contributed by atoms with Gasteiger partial charge in [0.2, 0.25) is 0 Å². The Morgan fingerprint density at radius 3 is 2.69 bits per heavy atom. The molecule has 0 atom stereocenters. The molecule has 1 aromatic carbocycles. The molecular weight excluding hydrogens is 332 g/mol. The zero-order valence-electron chi connectivity index (χ0n) is 14.1. The van der Waals surface area contributed by atoms with Gasteiger partial charge < -0.3 is 5.32 Å². The van der Waals surface area contributed by atoms with E-state index in [1.54, 1.807) is 24.3 Å². The van der Waals surface area contributed by atoms with Gasteiger partial charge in [-0.25, -0.2) is 4.68 Å². The van der Waals surface area contributed by atoms with Gasteiger partial charge in [0, 0.05) is 31.6 Å². The fourth-order valence-electron chi connectivity index (χ4n) is 2.90. The van der Waals surface area contributed by atoms with E-state index < -0.39 is 0 Å². The molecule has 4 rings (SSSR count). The van der Waals surface area contributed by atoms with Gasteiger partial charge in [0.1, 0.15) is 5.82 Å². The molecule has 0 fully saturated rings. The lowest BCUT2D eigenvalue weighted by Gasteiger charge is -2.08. The van der Waals surface area contributed by atoms with Crippen molar-refractivity contribution in [3.8, 4) is 0 Å². The summed E-state index contributed by atoms with van der Waals surface area (Å²) in [7, 11) is 1.54. The molecule has 1 N–H and O–H groups in total. The van der Waals surface area contributed by atoms with E-state index in [-0.39, 0.29) is 17.2 Å². The van der Waals surface area contributed by atoms with E-state index in [4.69, 9.17) is 0 Å². The van der Waals surface area contributed by atoms with E-state index in [0.717, 1.165) is 11.5 Å². The average molecular weight is 348 g/mol. The highest BCUT2D eigenvalue weighted by Crippen LogP contribution is 2.12. The van der Waals surface area contributed by atoms with Crippen molar-refractivity contribution in [1.82, 2.24) is 29.7 Å². The second-order valence-corrected chi connectivity index (χ2v) is 5.87. The standard InChI is InChI=1S/C18H16N6O2/c1-23-18(26)13-7-3-2-6-12(13)16(22-23)17(25)19-10-9-15-21-20-14-8-4-5-11-24(14)15/h2-8,11H,9-10H2,1H3,(H,19,25). The number of carbonyl (C=O) groups excluding carboxylic acids is 1. The molecule has 3 aromatic heterocycles. The molecule has 0 saturated heterocycles. The number of rotatable bonds is 4. The van der Waals surface area contributed by atoms with Crippen LogP contribution in [0.1, 0.15) is 16.3 Å². The van der Waals surface area contributed by atoms with Gasteiger partial charge in [0.25, 0.3) is 11.5 Å². The predicted molar refractivity (Wildman–Crippen MR) is 96.0 cm³/mol. The number of nitrogens with one attached hydrogen (secondary N) is 1. The van der Waals surface area contributed by atoms with Crippen LogP contribution in [0.2, 0.25) is 0 Å². The third-order valence-corrected chi connectivity index (χ3v) is 4.19. The maximum atomic E-state index is 12.6. The highest BCUT2D eigenvalue weighted by molar-refractivity contribution is 6.04. The van der Waals surface area contributed by atoms with Crippen molar-refractivity contribution in [1.29, 1.82) is 0 Å². The van der Waals surface area contributed by atoms with Gasteiger partial charge in [0.05, 0.1) is 5.39 Å². The van der Waals surface area contributed by atoms with Gasteiger partial charge in [-0.05, 0) is 18.2 Å². The minimum atomic E-state index is -0.328. The third-order valence-electron chi connectivity index (χ3n) is 4.19. The molecular formula is C18H16N6O2. The van der Waals surface area contributed by atoms with Crippen molar-refractivity contribution in [3.05, 3.63) is 70.5 Å². The number of pyridine rings is 1. The number of aryl methyl sites for hydroxylation is 1. The molecule has 0 saturated carbocycles. The largest absolute Gasteiger partial charge is 0.350 e. The summed E-state index contributed by atoms with van der Waals surface area (Å²) in [5.41, 5.74) is 0.764. The van der Waals surface area contributed by atoms with Gasteiger partial charge in [-0.1, -0.05) is 24.3 Å². The first kappa shape index (κ1) is 15.9. The minimum Gasteiger partial charge on any atom is -0.350 e. The van der Waals surface area contributed by atoms with Crippen LogP contribution in [-0.4, -0.2) is 36.8 Å². The molecule has 26 heavy (non-hydrogen) atoms. The number of carbonyl (C=O) groups is 1. The van der Waals surface area contributed by atoms with Crippen molar-refractivity contribution < 1.29 is 4.79 Å². The van der Waals surface area contributed by atoms with Crippen molar-refractivity contribution in [2.75, 3.05) is 6.54 Å². The lowest BCUT2D eigenvalue weighted by Crippen LogP contribution is -2.30. The highest BCUT2D eigenvalue weighted by Gasteiger charge is 2.15. The van der Waals surface area contributed by atoms with E-state index in [2.05, 4.69) is 20.6 Å². The lowest BCUT2D eigenvalue weighted by atomic mass is 10.1. The summed E-state index contributed by atoms with van der Waals surface area (Å²) in [5, 5.41) is 16.2. The Morgan fingerprint density at radius 1 is 1.08 bits per heavy atom. The summed E-state index contributed by atoms with van der Waals surface area (Å²) in [5.74, 6) is 0.435. The maximum absolute atomic E-state index is 12.6. The molecule has 0 spiro atoms. The molecule has 0 aliphatic rings. The van der Waals surface area contributed by atoms with E-state index in [1.165, 1.54) is 11.7 Å². The Hall–Kier alpha value is -3.55. The number of hydrogen-bond acceptors (Lipinski definition) is 5. The van der Waals surface area contributed by atoms with Crippen molar-refractivity contribution in [2.45, 2.75) is 6.42 Å². The van der Waals surface area contributed by atoms with E-state index in [9.17, 15) is 9.59 Å².